The minimum absolute atomic E-state index is 0.0592. The molecule has 7 heteroatoms. The van der Waals surface area contributed by atoms with Gasteiger partial charge in [-0.3, -0.25) is 14.4 Å². The molecular weight excluding hydrogens is 428 g/mol. The SMILES string of the molecule is COC(=O)[C@@H]1C[C@H]1C(=O)c1ccc(-c2ccc(NC(=O)Cc3ccc(F)c(F)c3)cc2)cc1. The fourth-order valence-electron chi connectivity index (χ4n) is 3.72. The highest BCUT2D eigenvalue weighted by atomic mass is 19.2. The van der Waals surface area contributed by atoms with Gasteiger partial charge in [-0.25, -0.2) is 8.78 Å². The highest BCUT2D eigenvalue weighted by molar-refractivity contribution is 6.03. The number of benzene rings is 3. The van der Waals surface area contributed by atoms with E-state index in [9.17, 15) is 23.2 Å². The number of carbonyl (C=O) groups excluding carboxylic acids is 3. The Morgan fingerprint density at radius 3 is 2.12 bits per heavy atom. The molecule has 1 amide bonds. The van der Waals surface area contributed by atoms with Gasteiger partial charge in [0.15, 0.2) is 17.4 Å². The van der Waals surface area contributed by atoms with Crippen LogP contribution in [0.15, 0.2) is 66.7 Å². The van der Waals surface area contributed by atoms with Crippen LogP contribution >= 0.6 is 0 Å². The summed E-state index contributed by atoms with van der Waals surface area (Å²) in [6.07, 6.45) is 0.447. The Kier molecular flexibility index (Phi) is 6.31. The molecule has 0 heterocycles. The fourth-order valence-corrected chi connectivity index (χ4v) is 3.72. The first-order valence-corrected chi connectivity index (χ1v) is 10.4. The van der Waals surface area contributed by atoms with E-state index in [1.807, 2.05) is 24.3 Å². The summed E-state index contributed by atoms with van der Waals surface area (Å²) in [7, 11) is 1.32. The molecule has 1 fully saturated rings. The molecule has 5 nitrogen and oxygen atoms in total. The normalized spacial score (nSPS) is 16.7. The molecule has 0 radical (unpaired) electrons. The van der Waals surface area contributed by atoms with Gasteiger partial charge >= 0.3 is 5.97 Å². The van der Waals surface area contributed by atoms with Crippen LogP contribution < -0.4 is 5.32 Å². The van der Waals surface area contributed by atoms with E-state index < -0.39 is 11.6 Å². The molecule has 2 atom stereocenters. The van der Waals surface area contributed by atoms with Crippen molar-refractivity contribution >= 4 is 23.3 Å². The maximum absolute atomic E-state index is 13.3. The maximum atomic E-state index is 13.3. The van der Waals surface area contributed by atoms with Crippen LogP contribution in [-0.2, 0) is 20.7 Å². The average Bonchev–Trinajstić information content (AvgIpc) is 3.62. The van der Waals surface area contributed by atoms with Crippen LogP contribution in [0.3, 0.4) is 0 Å². The molecule has 0 saturated heterocycles. The Hall–Kier alpha value is -3.87. The number of ether oxygens (including phenoxy) is 1. The standard InChI is InChI=1S/C26H21F2NO4/c1-33-26(32)21-14-20(21)25(31)18-5-3-16(4-6-18)17-7-9-19(10-8-17)29-24(30)13-15-2-11-22(27)23(28)12-15/h2-12,20-21H,13-14H2,1H3,(H,29,30)/t20-,21-/m1/s1. The van der Waals surface area contributed by atoms with E-state index in [-0.39, 0.29) is 35.9 Å². The lowest BCUT2D eigenvalue weighted by atomic mass is 10.0. The predicted molar refractivity (Wildman–Crippen MR) is 119 cm³/mol. The number of halogens is 2. The van der Waals surface area contributed by atoms with Gasteiger partial charge in [-0.2, -0.15) is 0 Å². The summed E-state index contributed by atoms with van der Waals surface area (Å²) in [6, 6.07) is 17.7. The van der Waals surface area contributed by atoms with Gasteiger partial charge < -0.3 is 10.1 Å². The molecule has 0 aromatic heterocycles. The van der Waals surface area contributed by atoms with E-state index >= 15 is 0 Å². The summed E-state index contributed by atoms with van der Waals surface area (Å²) in [5.74, 6) is -3.34. The summed E-state index contributed by atoms with van der Waals surface area (Å²) < 4.78 is 31.0. The molecule has 33 heavy (non-hydrogen) atoms. The van der Waals surface area contributed by atoms with Gasteiger partial charge in [0, 0.05) is 17.2 Å². The van der Waals surface area contributed by atoms with Crippen molar-refractivity contribution in [3.63, 3.8) is 0 Å². The van der Waals surface area contributed by atoms with Crippen molar-refractivity contribution in [2.24, 2.45) is 11.8 Å². The molecule has 1 N–H and O–H groups in total. The fraction of sp³-hybridized carbons (Fsp3) is 0.192. The van der Waals surface area contributed by atoms with Crippen molar-refractivity contribution in [2.45, 2.75) is 12.8 Å². The van der Waals surface area contributed by atoms with Crippen LogP contribution in [0.5, 0.6) is 0 Å². The molecule has 0 spiro atoms. The van der Waals surface area contributed by atoms with E-state index in [1.165, 1.54) is 13.2 Å². The lowest BCUT2D eigenvalue weighted by Gasteiger charge is -2.08. The predicted octanol–water partition coefficient (Wildman–Crippen LogP) is 4.80. The molecule has 3 aromatic carbocycles. The second kappa shape index (κ2) is 9.32. The van der Waals surface area contributed by atoms with Gasteiger partial charge in [-0.15, -0.1) is 0 Å². The maximum Gasteiger partial charge on any atom is 0.309 e. The van der Waals surface area contributed by atoms with Gasteiger partial charge in [-0.05, 0) is 47.4 Å². The van der Waals surface area contributed by atoms with Crippen LogP contribution in [0.2, 0.25) is 0 Å². The van der Waals surface area contributed by atoms with Crippen LogP contribution in [-0.4, -0.2) is 24.8 Å². The number of amides is 1. The highest BCUT2D eigenvalue weighted by Crippen LogP contribution is 2.42. The molecular formula is C26H21F2NO4. The Balaban J connectivity index is 1.36. The largest absolute Gasteiger partial charge is 0.469 e. The van der Waals surface area contributed by atoms with Crippen LogP contribution in [0.25, 0.3) is 11.1 Å². The van der Waals surface area contributed by atoms with Crippen LogP contribution in [0.4, 0.5) is 14.5 Å². The zero-order valence-corrected chi connectivity index (χ0v) is 17.8. The lowest BCUT2D eigenvalue weighted by molar-refractivity contribution is -0.142. The van der Waals surface area contributed by atoms with Gasteiger partial charge in [0.05, 0.1) is 19.4 Å². The molecule has 1 saturated carbocycles. The first-order chi connectivity index (χ1) is 15.9. The third-order valence-electron chi connectivity index (χ3n) is 5.65. The van der Waals surface area contributed by atoms with Crippen LogP contribution in [0.1, 0.15) is 22.3 Å². The zero-order valence-electron chi connectivity index (χ0n) is 17.8. The van der Waals surface area contributed by atoms with Crippen molar-refractivity contribution in [2.75, 3.05) is 12.4 Å². The first kappa shape index (κ1) is 22.3. The number of rotatable bonds is 7. The van der Waals surface area contributed by atoms with E-state index in [0.717, 1.165) is 23.3 Å². The zero-order chi connectivity index (χ0) is 23.5. The monoisotopic (exact) mass is 449 g/mol. The second-order valence-corrected chi connectivity index (χ2v) is 7.96. The minimum atomic E-state index is -0.988. The number of esters is 1. The summed E-state index contributed by atoms with van der Waals surface area (Å²) in [5, 5.41) is 2.73. The average molecular weight is 449 g/mol. The second-order valence-electron chi connectivity index (χ2n) is 7.96. The Morgan fingerprint density at radius 1 is 0.879 bits per heavy atom. The molecule has 4 rings (SSSR count). The van der Waals surface area contributed by atoms with Crippen molar-refractivity contribution in [3.8, 4) is 11.1 Å². The number of hydrogen-bond acceptors (Lipinski definition) is 4. The van der Waals surface area contributed by atoms with Gasteiger partial charge in [0.25, 0.3) is 0 Å². The number of Topliss-reactive ketones (excluding diaryl/α,β-unsaturated/α-hetero) is 1. The smallest absolute Gasteiger partial charge is 0.309 e. The Morgan fingerprint density at radius 2 is 1.52 bits per heavy atom. The topological polar surface area (TPSA) is 72.5 Å². The number of anilines is 1. The first-order valence-electron chi connectivity index (χ1n) is 10.4. The van der Waals surface area contributed by atoms with Crippen molar-refractivity contribution in [1.82, 2.24) is 0 Å². The third-order valence-corrected chi connectivity index (χ3v) is 5.65. The van der Waals surface area contributed by atoms with Crippen molar-refractivity contribution in [1.29, 1.82) is 0 Å². The van der Waals surface area contributed by atoms with E-state index in [4.69, 9.17) is 4.74 Å². The molecule has 3 aromatic rings. The molecule has 0 unspecified atom stereocenters. The molecule has 1 aliphatic rings. The molecule has 0 aliphatic heterocycles. The minimum Gasteiger partial charge on any atom is -0.469 e. The van der Waals surface area contributed by atoms with Gasteiger partial charge in [0.2, 0.25) is 5.91 Å². The lowest BCUT2D eigenvalue weighted by Crippen LogP contribution is -2.14. The molecule has 1 aliphatic carbocycles. The number of methoxy groups -OCH3 is 1. The summed E-state index contributed by atoms with van der Waals surface area (Å²) >= 11 is 0. The summed E-state index contributed by atoms with van der Waals surface area (Å²) in [6.45, 7) is 0. The Labute approximate surface area is 189 Å². The summed E-state index contributed by atoms with van der Waals surface area (Å²) in [4.78, 5) is 36.2. The van der Waals surface area contributed by atoms with Gasteiger partial charge in [-0.1, -0.05) is 42.5 Å². The van der Waals surface area contributed by atoms with E-state index in [0.29, 0.717) is 23.2 Å². The van der Waals surface area contributed by atoms with E-state index in [2.05, 4.69) is 5.32 Å². The Bertz CT molecular complexity index is 1210. The number of ketones is 1. The molecule has 168 valence electrons. The third kappa shape index (κ3) is 5.14. The van der Waals surface area contributed by atoms with Crippen LogP contribution in [0, 0.1) is 23.5 Å². The van der Waals surface area contributed by atoms with Crippen molar-refractivity contribution in [3.05, 3.63) is 89.5 Å². The summed E-state index contributed by atoms with van der Waals surface area (Å²) in [5.41, 5.74) is 3.29. The number of carbonyl (C=O) groups is 3. The number of hydrogen-bond donors (Lipinski definition) is 1. The number of nitrogens with one attached hydrogen (secondary N) is 1. The van der Waals surface area contributed by atoms with Gasteiger partial charge in [0.1, 0.15) is 0 Å². The highest BCUT2D eigenvalue weighted by Gasteiger charge is 2.48. The molecule has 0 bridgehead atoms. The quantitative estimate of drug-likeness (QED) is 0.415. The van der Waals surface area contributed by atoms with E-state index in [1.54, 1.807) is 24.3 Å². The van der Waals surface area contributed by atoms with Crippen molar-refractivity contribution < 1.29 is 27.9 Å².